The van der Waals surface area contributed by atoms with E-state index >= 15 is 0 Å². The molecule has 0 saturated carbocycles. The lowest BCUT2D eigenvalue weighted by molar-refractivity contribution is -0.144. The minimum atomic E-state index is -4.71. The standard InChI is InChI=1S/C12H13F3N6O/c1-3-4-5-11(18-19-11)6-7-16-10(22)8-9(12(13,14)15)21(2)20-17-8/h1H,4-7H2,2H3,(H,16,22). The highest BCUT2D eigenvalue weighted by Gasteiger charge is 2.41. The number of hydrogen-bond donors (Lipinski definition) is 1. The molecule has 0 aliphatic carbocycles. The molecule has 2 heterocycles. The van der Waals surface area contributed by atoms with E-state index < -0.39 is 29.1 Å². The van der Waals surface area contributed by atoms with Gasteiger partial charge in [0, 0.05) is 32.9 Å². The molecule has 1 aliphatic heterocycles. The van der Waals surface area contributed by atoms with E-state index in [2.05, 4.69) is 31.8 Å². The van der Waals surface area contributed by atoms with Crippen molar-refractivity contribution in [2.24, 2.45) is 17.3 Å². The van der Waals surface area contributed by atoms with Gasteiger partial charge in [0.2, 0.25) is 0 Å². The molecule has 7 nitrogen and oxygen atoms in total. The van der Waals surface area contributed by atoms with Gasteiger partial charge in [-0.15, -0.1) is 17.4 Å². The minimum absolute atomic E-state index is 0.115. The van der Waals surface area contributed by atoms with Crippen LogP contribution in [0, 0.1) is 12.3 Å². The second-order valence-corrected chi connectivity index (χ2v) is 4.80. The van der Waals surface area contributed by atoms with Crippen molar-refractivity contribution in [3.05, 3.63) is 11.4 Å². The Morgan fingerprint density at radius 2 is 2.09 bits per heavy atom. The Bertz CT molecular complexity index is 636. The summed E-state index contributed by atoms with van der Waals surface area (Å²) in [5.74, 6) is 1.53. The lowest BCUT2D eigenvalue weighted by Gasteiger charge is -2.10. The van der Waals surface area contributed by atoms with Gasteiger partial charge in [0.25, 0.3) is 5.91 Å². The highest BCUT2D eigenvalue weighted by molar-refractivity contribution is 5.93. The Morgan fingerprint density at radius 3 is 2.64 bits per heavy atom. The third kappa shape index (κ3) is 3.41. The maximum Gasteiger partial charge on any atom is 0.435 e. The van der Waals surface area contributed by atoms with Crippen LogP contribution in [0.1, 0.15) is 35.4 Å². The fourth-order valence-electron chi connectivity index (χ4n) is 1.96. The van der Waals surface area contributed by atoms with Crippen LogP contribution >= 0.6 is 0 Å². The summed E-state index contributed by atoms with van der Waals surface area (Å²) in [6.45, 7) is 0.115. The smallest absolute Gasteiger partial charge is 0.350 e. The van der Waals surface area contributed by atoms with E-state index in [0.717, 1.165) is 7.05 Å². The molecule has 2 rings (SSSR count). The average Bonchev–Trinajstić information content (AvgIpc) is 3.08. The van der Waals surface area contributed by atoms with E-state index in [1.54, 1.807) is 0 Å². The van der Waals surface area contributed by atoms with Crippen molar-refractivity contribution < 1.29 is 18.0 Å². The predicted octanol–water partition coefficient (Wildman–Crippen LogP) is 1.53. The molecule has 0 spiro atoms. The van der Waals surface area contributed by atoms with E-state index in [4.69, 9.17) is 6.42 Å². The van der Waals surface area contributed by atoms with Crippen LogP contribution in [0.15, 0.2) is 10.2 Å². The third-order valence-electron chi connectivity index (χ3n) is 3.17. The average molecular weight is 314 g/mol. The van der Waals surface area contributed by atoms with Gasteiger partial charge in [-0.1, -0.05) is 5.21 Å². The van der Waals surface area contributed by atoms with Crippen LogP contribution in [0.25, 0.3) is 0 Å². The number of halogens is 3. The van der Waals surface area contributed by atoms with Crippen LogP contribution in [0.2, 0.25) is 0 Å². The first-order valence-corrected chi connectivity index (χ1v) is 6.42. The number of aromatic nitrogens is 3. The van der Waals surface area contributed by atoms with Gasteiger partial charge in [-0.2, -0.15) is 23.4 Å². The van der Waals surface area contributed by atoms with Crippen LogP contribution in [0.3, 0.4) is 0 Å². The molecule has 0 radical (unpaired) electrons. The van der Waals surface area contributed by atoms with Crippen molar-refractivity contribution in [3.8, 4) is 12.3 Å². The SMILES string of the molecule is C#CCCC1(CCNC(=O)c2nnn(C)c2C(F)(F)F)N=N1. The number of nitrogens with one attached hydrogen (secondary N) is 1. The topological polar surface area (TPSA) is 84.5 Å². The Kier molecular flexibility index (Phi) is 4.16. The Morgan fingerprint density at radius 1 is 1.41 bits per heavy atom. The highest BCUT2D eigenvalue weighted by Crippen LogP contribution is 2.36. The van der Waals surface area contributed by atoms with Crippen LogP contribution in [-0.4, -0.2) is 33.1 Å². The molecule has 0 unspecified atom stereocenters. The third-order valence-corrected chi connectivity index (χ3v) is 3.17. The summed E-state index contributed by atoms with van der Waals surface area (Å²) in [5.41, 5.74) is -2.54. The van der Waals surface area contributed by atoms with Gasteiger partial charge in [0.15, 0.2) is 17.1 Å². The van der Waals surface area contributed by atoms with E-state index in [1.807, 2.05) is 0 Å². The molecule has 0 saturated heterocycles. The molecular weight excluding hydrogens is 301 g/mol. The Balaban J connectivity index is 1.93. The van der Waals surface area contributed by atoms with E-state index in [0.29, 0.717) is 23.9 Å². The van der Waals surface area contributed by atoms with Crippen LogP contribution in [0.5, 0.6) is 0 Å². The lowest BCUT2D eigenvalue weighted by atomic mass is 10.0. The zero-order valence-corrected chi connectivity index (χ0v) is 11.7. The number of rotatable bonds is 6. The molecule has 118 valence electrons. The summed E-state index contributed by atoms with van der Waals surface area (Å²) in [5, 5.41) is 16.6. The number of amides is 1. The second-order valence-electron chi connectivity index (χ2n) is 4.80. The molecule has 0 aromatic carbocycles. The number of hydrogen-bond acceptors (Lipinski definition) is 5. The molecule has 1 aromatic rings. The van der Waals surface area contributed by atoms with Gasteiger partial charge in [-0.3, -0.25) is 4.79 Å². The lowest BCUT2D eigenvalue weighted by Crippen LogP contribution is -2.30. The second kappa shape index (κ2) is 5.75. The largest absolute Gasteiger partial charge is 0.435 e. The molecule has 1 amide bonds. The number of aryl methyl sites for hydroxylation is 1. The summed E-state index contributed by atoms with van der Waals surface area (Å²) in [6.07, 6.45) is 1.86. The van der Waals surface area contributed by atoms with Crippen molar-refractivity contribution in [1.82, 2.24) is 20.3 Å². The summed E-state index contributed by atoms with van der Waals surface area (Å²) in [7, 11) is 1.07. The molecule has 0 atom stereocenters. The van der Waals surface area contributed by atoms with Crippen molar-refractivity contribution in [3.63, 3.8) is 0 Å². The molecule has 0 fully saturated rings. The molecule has 1 aliphatic rings. The van der Waals surface area contributed by atoms with Crippen LogP contribution in [-0.2, 0) is 13.2 Å². The van der Waals surface area contributed by atoms with Crippen molar-refractivity contribution in [2.75, 3.05) is 6.54 Å². The quantitative estimate of drug-likeness (QED) is 0.808. The first kappa shape index (κ1) is 15.9. The highest BCUT2D eigenvalue weighted by atomic mass is 19.4. The van der Waals surface area contributed by atoms with Gasteiger partial charge < -0.3 is 5.32 Å². The molecule has 1 aromatic heterocycles. The predicted molar refractivity (Wildman–Crippen MR) is 68.6 cm³/mol. The molecular formula is C12H13F3N6O. The van der Waals surface area contributed by atoms with Gasteiger partial charge in [-0.25, -0.2) is 4.68 Å². The normalized spacial score (nSPS) is 15.4. The number of carbonyl (C=O) groups excluding carboxylic acids is 1. The zero-order chi connectivity index (χ0) is 16.4. The molecule has 0 bridgehead atoms. The van der Waals surface area contributed by atoms with Crippen molar-refractivity contribution >= 4 is 5.91 Å². The fourth-order valence-corrected chi connectivity index (χ4v) is 1.96. The summed E-state index contributed by atoms with van der Waals surface area (Å²) < 4.78 is 39.0. The van der Waals surface area contributed by atoms with Crippen molar-refractivity contribution in [2.45, 2.75) is 31.1 Å². The first-order valence-electron chi connectivity index (χ1n) is 6.42. The first-order chi connectivity index (χ1) is 10.3. The van der Waals surface area contributed by atoms with E-state index in [1.165, 1.54) is 0 Å². The summed E-state index contributed by atoms with van der Waals surface area (Å²) >= 11 is 0. The Hall–Kier alpha value is -2.44. The molecule has 22 heavy (non-hydrogen) atoms. The van der Waals surface area contributed by atoms with E-state index in [-0.39, 0.29) is 6.54 Å². The van der Waals surface area contributed by atoms with Gasteiger partial charge >= 0.3 is 6.18 Å². The Labute approximate surface area is 124 Å². The summed E-state index contributed by atoms with van der Waals surface area (Å²) in [6, 6.07) is 0. The van der Waals surface area contributed by atoms with Crippen LogP contribution in [0.4, 0.5) is 13.2 Å². The van der Waals surface area contributed by atoms with Crippen molar-refractivity contribution in [1.29, 1.82) is 0 Å². The zero-order valence-electron chi connectivity index (χ0n) is 11.7. The van der Waals surface area contributed by atoms with Crippen LogP contribution < -0.4 is 5.32 Å². The van der Waals surface area contributed by atoms with Gasteiger partial charge in [0.05, 0.1) is 0 Å². The fraction of sp³-hybridized carbons (Fsp3) is 0.583. The maximum absolute atomic E-state index is 12.8. The summed E-state index contributed by atoms with van der Waals surface area (Å²) in [4.78, 5) is 11.8. The maximum atomic E-state index is 12.8. The number of terminal acetylenes is 1. The minimum Gasteiger partial charge on any atom is -0.350 e. The number of carbonyl (C=O) groups is 1. The molecule has 1 N–H and O–H groups in total. The van der Waals surface area contributed by atoms with E-state index in [9.17, 15) is 18.0 Å². The van der Waals surface area contributed by atoms with Gasteiger partial charge in [0.1, 0.15) is 0 Å². The monoisotopic (exact) mass is 314 g/mol. The van der Waals surface area contributed by atoms with Gasteiger partial charge in [-0.05, 0) is 0 Å². The number of nitrogens with zero attached hydrogens (tertiary/aromatic N) is 5. The molecule has 10 heteroatoms. The number of alkyl halides is 3.